The van der Waals surface area contributed by atoms with Gasteiger partial charge in [0.1, 0.15) is 0 Å². The molecule has 2 rings (SSSR count). The Morgan fingerprint density at radius 2 is 1.79 bits per heavy atom. The fourth-order valence-electron chi connectivity index (χ4n) is 2.31. The molecule has 2 aromatic carbocycles. The van der Waals surface area contributed by atoms with Crippen molar-refractivity contribution in [3.63, 3.8) is 0 Å². The van der Waals surface area contributed by atoms with Crippen molar-refractivity contribution in [2.75, 3.05) is 0 Å². The first kappa shape index (κ1) is 14.4. The second kappa shape index (κ2) is 5.54. The number of halogens is 2. The van der Waals surface area contributed by atoms with Crippen LogP contribution < -0.4 is 0 Å². The van der Waals surface area contributed by atoms with Crippen LogP contribution in [0.5, 0.6) is 0 Å². The van der Waals surface area contributed by atoms with Gasteiger partial charge in [-0.3, -0.25) is 0 Å². The molecular formula is C16H16Cl2O. The zero-order valence-corrected chi connectivity index (χ0v) is 12.5. The van der Waals surface area contributed by atoms with Crippen LogP contribution in [0.1, 0.15) is 23.6 Å². The molecule has 0 saturated heterocycles. The van der Waals surface area contributed by atoms with Crippen LogP contribution in [0, 0.1) is 6.92 Å². The predicted molar refractivity (Wildman–Crippen MR) is 80.9 cm³/mol. The smallest absolute Gasteiger partial charge is 0.0911 e. The standard InChI is InChI=1S/C16H16Cl2O/c1-11-5-3-4-6-14(11)16(2,19)10-12-7-8-13(17)9-15(12)18/h3-9,19H,10H2,1-2H3. The van der Waals surface area contributed by atoms with Crippen LogP contribution in [0.2, 0.25) is 10.0 Å². The van der Waals surface area contributed by atoms with Crippen LogP contribution in [0.15, 0.2) is 42.5 Å². The van der Waals surface area contributed by atoms with Gasteiger partial charge < -0.3 is 5.11 Å². The molecule has 3 heteroatoms. The molecule has 0 saturated carbocycles. The van der Waals surface area contributed by atoms with E-state index in [-0.39, 0.29) is 0 Å². The lowest BCUT2D eigenvalue weighted by atomic mass is 9.86. The number of benzene rings is 2. The molecule has 0 aromatic heterocycles. The molecule has 2 aromatic rings. The lowest BCUT2D eigenvalue weighted by Crippen LogP contribution is -2.25. The van der Waals surface area contributed by atoms with Gasteiger partial charge in [0, 0.05) is 16.5 Å². The Balaban J connectivity index is 2.33. The average Bonchev–Trinajstić information content (AvgIpc) is 2.33. The third-order valence-electron chi connectivity index (χ3n) is 3.28. The van der Waals surface area contributed by atoms with E-state index in [1.54, 1.807) is 19.1 Å². The fourth-order valence-corrected chi connectivity index (χ4v) is 2.78. The first-order chi connectivity index (χ1) is 8.90. The number of hydrogen-bond acceptors (Lipinski definition) is 1. The van der Waals surface area contributed by atoms with E-state index in [1.165, 1.54) is 0 Å². The highest BCUT2D eigenvalue weighted by Crippen LogP contribution is 2.31. The van der Waals surface area contributed by atoms with E-state index < -0.39 is 5.60 Å². The lowest BCUT2D eigenvalue weighted by molar-refractivity contribution is 0.0570. The molecule has 1 nitrogen and oxygen atoms in total. The first-order valence-electron chi connectivity index (χ1n) is 6.12. The molecule has 0 heterocycles. The van der Waals surface area contributed by atoms with Gasteiger partial charge in [0.15, 0.2) is 0 Å². The molecule has 0 amide bonds. The van der Waals surface area contributed by atoms with Crippen molar-refractivity contribution >= 4 is 23.2 Å². The Morgan fingerprint density at radius 3 is 2.42 bits per heavy atom. The van der Waals surface area contributed by atoms with Crippen LogP contribution in [0.25, 0.3) is 0 Å². The highest BCUT2D eigenvalue weighted by Gasteiger charge is 2.26. The molecule has 19 heavy (non-hydrogen) atoms. The minimum absolute atomic E-state index is 0.452. The Kier molecular flexibility index (Phi) is 4.19. The summed E-state index contributed by atoms with van der Waals surface area (Å²) in [4.78, 5) is 0. The van der Waals surface area contributed by atoms with Gasteiger partial charge in [0.25, 0.3) is 0 Å². The van der Waals surface area contributed by atoms with E-state index in [4.69, 9.17) is 23.2 Å². The number of aliphatic hydroxyl groups is 1. The van der Waals surface area contributed by atoms with Crippen molar-refractivity contribution in [3.8, 4) is 0 Å². The highest BCUT2D eigenvalue weighted by molar-refractivity contribution is 6.35. The fraction of sp³-hybridized carbons (Fsp3) is 0.250. The van der Waals surface area contributed by atoms with E-state index in [0.29, 0.717) is 16.5 Å². The third kappa shape index (κ3) is 3.30. The van der Waals surface area contributed by atoms with Gasteiger partial charge >= 0.3 is 0 Å². The largest absolute Gasteiger partial charge is 0.385 e. The Hall–Kier alpha value is -1.02. The minimum Gasteiger partial charge on any atom is -0.385 e. The summed E-state index contributed by atoms with van der Waals surface area (Å²) in [6, 6.07) is 13.2. The number of hydrogen-bond donors (Lipinski definition) is 1. The monoisotopic (exact) mass is 294 g/mol. The molecule has 100 valence electrons. The van der Waals surface area contributed by atoms with Crippen molar-refractivity contribution in [2.45, 2.75) is 25.9 Å². The summed E-state index contributed by atoms with van der Waals surface area (Å²) in [6.07, 6.45) is 0.452. The van der Waals surface area contributed by atoms with Gasteiger partial charge in [-0.05, 0) is 42.7 Å². The molecule has 0 spiro atoms. The van der Waals surface area contributed by atoms with Crippen molar-refractivity contribution in [3.05, 3.63) is 69.2 Å². The second-order valence-corrected chi connectivity index (χ2v) is 5.84. The summed E-state index contributed by atoms with van der Waals surface area (Å²) in [5.41, 5.74) is 1.92. The Morgan fingerprint density at radius 1 is 1.11 bits per heavy atom. The maximum atomic E-state index is 10.7. The van der Waals surface area contributed by atoms with E-state index in [2.05, 4.69) is 0 Å². The van der Waals surface area contributed by atoms with Gasteiger partial charge in [0.2, 0.25) is 0 Å². The molecular weight excluding hydrogens is 279 g/mol. The Bertz CT molecular complexity index is 591. The van der Waals surface area contributed by atoms with Crippen LogP contribution in [-0.4, -0.2) is 5.11 Å². The van der Waals surface area contributed by atoms with Crippen molar-refractivity contribution in [1.82, 2.24) is 0 Å². The number of rotatable bonds is 3. The molecule has 0 bridgehead atoms. The summed E-state index contributed by atoms with van der Waals surface area (Å²) in [5.74, 6) is 0. The van der Waals surface area contributed by atoms with E-state index in [1.807, 2.05) is 37.3 Å². The summed E-state index contributed by atoms with van der Waals surface area (Å²) >= 11 is 12.1. The molecule has 1 unspecified atom stereocenters. The maximum absolute atomic E-state index is 10.7. The molecule has 1 N–H and O–H groups in total. The van der Waals surface area contributed by atoms with Crippen LogP contribution in [0.4, 0.5) is 0 Å². The topological polar surface area (TPSA) is 20.2 Å². The van der Waals surface area contributed by atoms with Gasteiger partial charge in [-0.1, -0.05) is 53.5 Å². The third-order valence-corrected chi connectivity index (χ3v) is 3.86. The maximum Gasteiger partial charge on any atom is 0.0911 e. The SMILES string of the molecule is Cc1ccccc1C(C)(O)Cc1ccc(Cl)cc1Cl. The van der Waals surface area contributed by atoms with Gasteiger partial charge in [-0.2, -0.15) is 0 Å². The van der Waals surface area contributed by atoms with E-state index in [0.717, 1.165) is 16.7 Å². The van der Waals surface area contributed by atoms with Crippen molar-refractivity contribution in [1.29, 1.82) is 0 Å². The summed E-state index contributed by atoms with van der Waals surface area (Å²) in [5, 5.41) is 11.9. The molecule has 0 aliphatic carbocycles. The van der Waals surface area contributed by atoms with Gasteiger partial charge in [-0.25, -0.2) is 0 Å². The van der Waals surface area contributed by atoms with Gasteiger partial charge in [0.05, 0.1) is 5.60 Å². The van der Waals surface area contributed by atoms with E-state index in [9.17, 15) is 5.11 Å². The molecule has 0 fully saturated rings. The minimum atomic E-state index is -0.956. The summed E-state index contributed by atoms with van der Waals surface area (Å²) in [6.45, 7) is 3.80. The van der Waals surface area contributed by atoms with Crippen LogP contribution in [0.3, 0.4) is 0 Å². The summed E-state index contributed by atoms with van der Waals surface area (Å²) in [7, 11) is 0. The first-order valence-corrected chi connectivity index (χ1v) is 6.88. The summed E-state index contributed by atoms with van der Waals surface area (Å²) < 4.78 is 0. The Labute approximate surface area is 123 Å². The number of aryl methyl sites for hydroxylation is 1. The van der Waals surface area contributed by atoms with Crippen molar-refractivity contribution < 1.29 is 5.11 Å². The zero-order chi connectivity index (χ0) is 14.0. The normalized spacial score (nSPS) is 14.2. The highest BCUT2D eigenvalue weighted by atomic mass is 35.5. The molecule has 0 aliphatic heterocycles. The molecule has 0 aliphatic rings. The quantitative estimate of drug-likeness (QED) is 0.866. The second-order valence-electron chi connectivity index (χ2n) is 5.00. The van der Waals surface area contributed by atoms with Crippen LogP contribution in [-0.2, 0) is 12.0 Å². The van der Waals surface area contributed by atoms with E-state index >= 15 is 0 Å². The molecule has 1 atom stereocenters. The zero-order valence-electron chi connectivity index (χ0n) is 11.0. The van der Waals surface area contributed by atoms with Crippen LogP contribution >= 0.6 is 23.2 Å². The van der Waals surface area contributed by atoms with Gasteiger partial charge in [-0.15, -0.1) is 0 Å². The van der Waals surface area contributed by atoms with Crippen molar-refractivity contribution in [2.24, 2.45) is 0 Å². The predicted octanol–water partition coefficient (Wildman–Crippen LogP) is 4.75. The molecule has 0 radical (unpaired) electrons. The average molecular weight is 295 g/mol. The lowest BCUT2D eigenvalue weighted by Gasteiger charge is -2.26.